The zero-order valence-corrected chi connectivity index (χ0v) is 14.6. The molecule has 0 atom stereocenters. The molecule has 0 saturated heterocycles. The predicted molar refractivity (Wildman–Crippen MR) is 98.1 cm³/mol. The number of halogens is 3. The van der Waals surface area contributed by atoms with Gasteiger partial charge in [0.15, 0.2) is 0 Å². The number of hydrogen-bond acceptors (Lipinski definition) is 2. The third-order valence-electron chi connectivity index (χ3n) is 4.38. The number of benzene rings is 2. The van der Waals surface area contributed by atoms with Crippen molar-refractivity contribution in [1.82, 2.24) is 4.98 Å². The summed E-state index contributed by atoms with van der Waals surface area (Å²) in [5.41, 5.74) is 3.68. The molecule has 1 amide bonds. The molecule has 126 valence electrons. The molecule has 1 aliphatic rings. The Kier molecular flexibility index (Phi) is 4.10. The van der Waals surface area contributed by atoms with Gasteiger partial charge in [0.25, 0.3) is 5.91 Å². The number of carbonyl (C=O) groups excluding carboxylic acids is 1. The molecule has 0 spiro atoms. The number of aryl methyl sites for hydroxylation is 1. The van der Waals surface area contributed by atoms with E-state index in [9.17, 15) is 9.18 Å². The van der Waals surface area contributed by atoms with Crippen LogP contribution in [0.4, 0.5) is 10.1 Å². The number of nitrogens with zero attached hydrogens (tertiary/aromatic N) is 1. The van der Waals surface area contributed by atoms with Crippen LogP contribution in [-0.4, -0.2) is 10.9 Å². The average Bonchev–Trinajstić information content (AvgIpc) is 3.03. The van der Waals surface area contributed by atoms with Crippen molar-refractivity contribution >= 4 is 45.7 Å². The first kappa shape index (κ1) is 16.3. The van der Waals surface area contributed by atoms with Crippen LogP contribution in [0.1, 0.15) is 28.0 Å². The number of fused-ring (bicyclic) bond motifs is 2. The Balaban J connectivity index is 1.83. The topological polar surface area (TPSA) is 42.0 Å². The molecule has 0 saturated carbocycles. The highest BCUT2D eigenvalue weighted by atomic mass is 35.5. The van der Waals surface area contributed by atoms with Crippen LogP contribution < -0.4 is 5.32 Å². The van der Waals surface area contributed by atoms with Crippen LogP contribution in [-0.2, 0) is 12.8 Å². The maximum atomic E-state index is 13.3. The summed E-state index contributed by atoms with van der Waals surface area (Å²) >= 11 is 11.9. The maximum absolute atomic E-state index is 13.3. The zero-order chi connectivity index (χ0) is 17.6. The van der Waals surface area contributed by atoms with E-state index >= 15 is 0 Å². The minimum atomic E-state index is -0.526. The Morgan fingerprint density at radius 2 is 1.96 bits per heavy atom. The molecule has 1 heterocycles. The SMILES string of the molecule is O=C(Nc1ccc(F)c(Cl)c1)c1c2c(nc3ccc(Cl)cc13)CCC2. The number of hydrogen-bond donors (Lipinski definition) is 1. The number of pyridine rings is 1. The fourth-order valence-electron chi connectivity index (χ4n) is 3.26. The van der Waals surface area contributed by atoms with Crippen LogP contribution >= 0.6 is 23.2 Å². The maximum Gasteiger partial charge on any atom is 0.256 e. The van der Waals surface area contributed by atoms with Gasteiger partial charge in [-0.1, -0.05) is 23.2 Å². The number of aromatic nitrogens is 1. The van der Waals surface area contributed by atoms with E-state index in [-0.39, 0.29) is 10.9 Å². The van der Waals surface area contributed by atoms with Gasteiger partial charge in [-0.3, -0.25) is 9.78 Å². The van der Waals surface area contributed by atoms with Gasteiger partial charge in [0.2, 0.25) is 0 Å². The second-order valence-electron chi connectivity index (χ2n) is 6.01. The molecule has 3 aromatic rings. The lowest BCUT2D eigenvalue weighted by Gasteiger charge is -2.13. The summed E-state index contributed by atoms with van der Waals surface area (Å²) in [5.74, 6) is -0.794. The van der Waals surface area contributed by atoms with Crippen molar-refractivity contribution in [1.29, 1.82) is 0 Å². The quantitative estimate of drug-likeness (QED) is 0.650. The number of amides is 1. The predicted octanol–water partition coefficient (Wildman–Crippen LogP) is 5.42. The Labute approximate surface area is 153 Å². The highest BCUT2D eigenvalue weighted by Crippen LogP contribution is 2.32. The lowest BCUT2D eigenvalue weighted by molar-refractivity contribution is 0.102. The van der Waals surface area contributed by atoms with E-state index in [0.717, 1.165) is 41.4 Å². The second-order valence-corrected chi connectivity index (χ2v) is 6.85. The van der Waals surface area contributed by atoms with Crippen molar-refractivity contribution in [2.75, 3.05) is 5.32 Å². The van der Waals surface area contributed by atoms with Gasteiger partial charge in [0.05, 0.1) is 16.1 Å². The van der Waals surface area contributed by atoms with E-state index in [0.29, 0.717) is 16.3 Å². The molecule has 1 N–H and O–H groups in total. The lowest BCUT2D eigenvalue weighted by atomic mass is 10.0. The Bertz CT molecular complexity index is 1020. The third-order valence-corrected chi connectivity index (χ3v) is 4.90. The first-order valence-electron chi connectivity index (χ1n) is 7.90. The molecule has 3 nitrogen and oxygen atoms in total. The summed E-state index contributed by atoms with van der Waals surface area (Å²) in [7, 11) is 0. The molecule has 2 aromatic carbocycles. The molecule has 4 rings (SSSR count). The summed E-state index contributed by atoms with van der Waals surface area (Å²) in [4.78, 5) is 17.6. The average molecular weight is 375 g/mol. The number of anilines is 1. The van der Waals surface area contributed by atoms with Gasteiger partial charge in [-0.2, -0.15) is 0 Å². The molecular weight excluding hydrogens is 362 g/mol. The Morgan fingerprint density at radius 1 is 1.12 bits per heavy atom. The highest BCUT2D eigenvalue weighted by Gasteiger charge is 2.24. The normalized spacial score (nSPS) is 13.1. The fourth-order valence-corrected chi connectivity index (χ4v) is 3.61. The molecular formula is C19H13Cl2FN2O. The highest BCUT2D eigenvalue weighted by molar-refractivity contribution is 6.32. The molecule has 0 radical (unpaired) electrons. The lowest BCUT2D eigenvalue weighted by Crippen LogP contribution is -2.16. The van der Waals surface area contributed by atoms with Gasteiger partial charge in [-0.15, -0.1) is 0 Å². The van der Waals surface area contributed by atoms with E-state index < -0.39 is 5.82 Å². The minimum absolute atomic E-state index is 0.0364. The van der Waals surface area contributed by atoms with Gasteiger partial charge < -0.3 is 5.32 Å². The molecule has 0 aliphatic heterocycles. The zero-order valence-electron chi connectivity index (χ0n) is 13.1. The molecule has 1 aliphatic carbocycles. The number of nitrogens with one attached hydrogen (secondary N) is 1. The number of rotatable bonds is 2. The molecule has 0 fully saturated rings. The fraction of sp³-hybridized carbons (Fsp3) is 0.158. The summed E-state index contributed by atoms with van der Waals surface area (Å²) in [6, 6.07) is 9.45. The van der Waals surface area contributed by atoms with Crippen molar-refractivity contribution in [3.05, 3.63) is 69.1 Å². The summed E-state index contributed by atoms with van der Waals surface area (Å²) in [6.45, 7) is 0. The van der Waals surface area contributed by atoms with Crippen molar-refractivity contribution in [2.45, 2.75) is 19.3 Å². The van der Waals surface area contributed by atoms with Gasteiger partial charge >= 0.3 is 0 Å². The first-order chi connectivity index (χ1) is 12.0. The van der Waals surface area contributed by atoms with Crippen LogP contribution in [0.2, 0.25) is 10.0 Å². The number of carbonyl (C=O) groups is 1. The summed E-state index contributed by atoms with van der Waals surface area (Å²) in [6.07, 6.45) is 2.63. The van der Waals surface area contributed by atoms with Crippen molar-refractivity contribution in [2.24, 2.45) is 0 Å². The molecule has 0 unspecified atom stereocenters. The third kappa shape index (κ3) is 2.96. The van der Waals surface area contributed by atoms with E-state index in [2.05, 4.69) is 10.3 Å². The van der Waals surface area contributed by atoms with Crippen molar-refractivity contribution < 1.29 is 9.18 Å². The first-order valence-corrected chi connectivity index (χ1v) is 8.66. The largest absolute Gasteiger partial charge is 0.322 e. The van der Waals surface area contributed by atoms with E-state index in [1.165, 1.54) is 18.2 Å². The van der Waals surface area contributed by atoms with Crippen LogP contribution in [0.15, 0.2) is 36.4 Å². The van der Waals surface area contributed by atoms with Gasteiger partial charge in [0.1, 0.15) is 5.82 Å². The second kappa shape index (κ2) is 6.28. The van der Waals surface area contributed by atoms with Crippen molar-refractivity contribution in [3.8, 4) is 0 Å². The van der Waals surface area contributed by atoms with Crippen LogP contribution in [0.3, 0.4) is 0 Å². The molecule has 6 heteroatoms. The minimum Gasteiger partial charge on any atom is -0.322 e. The van der Waals surface area contributed by atoms with Crippen LogP contribution in [0.25, 0.3) is 10.9 Å². The van der Waals surface area contributed by atoms with Gasteiger partial charge in [-0.05, 0) is 61.2 Å². The van der Waals surface area contributed by atoms with E-state index in [1.54, 1.807) is 12.1 Å². The molecule has 25 heavy (non-hydrogen) atoms. The van der Waals surface area contributed by atoms with Gasteiger partial charge in [-0.25, -0.2) is 4.39 Å². The Morgan fingerprint density at radius 3 is 2.76 bits per heavy atom. The van der Waals surface area contributed by atoms with Gasteiger partial charge in [0, 0.05) is 21.8 Å². The Hall–Kier alpha value is -2.17. The van der Waals surface area contributed by atoms with E-state index in [4.69, 9.17) is 23.2 Å². The van der Waals surface area contributed by atoms with Crippen LogP contribution in [0.5, 0.6) is 0 Å². The molecule has 0 bridgehead atoms. The van der Waals surface area contributed by atoms with E-state index in [1.807, 2.05) is 6.07 Å². The van der Waals surface area contributed by atoms with Crippen LogP contribution in [0, 0.1) is 5.82 Å². The summed E-state index contributed by atoms with van der Waals surface area (Å²) in [5, 5.41) is 4.04. The van der Waals surface area contributed by atoms with Crippen molar-refractivity contribution in [3.63, 3.8) is 0 Å². The molecule has 1 aromatic heterocycles. The smallest absolute Gasteiger partial charge is 0.256 e. The summed E-state index contributed by atoms with van der Waals surface area (Å²) < 4.78 is 13.3. The standard InChI is InChI=1S/C19H13Cl2FN2O/c20-10-4-7-17-13(8-10)18(12-2-1-3-16(12)24-17)19(25)23-11-5-6-15(22)14(21)9-11/h4-9H,1-3H2,(H,23,25). The monoisotopic (exact) mass is 374 g/mol.